The number of rotatable bonds is 3. The number of fused-ring (bicyclic) bond motifs is 1. The second-order valence-corrected chi connectivity index (χ2v) is 6.15. The molecule has 3 rings (SSSR count). The quantitative estimate of drug-likeness (QED) is 0.901. The summed E-state index contributed by atoms with van der Waals surface area (Å²) in [7, 11) is 0. The van der Waals surface area contributed by atoms with Gasteiger partial charge in [-0.25, -0.2) is 0 Å². The molecule has 3 atom stereocenters. The van der Waals surface area contributed by atoms with E-state index in [2.05, 4.69) is 35.2 Å². The van der Waals surface area contributed by atoms with Gasteiger partial charge in [-0.05, 0) is 43.7 Å². The van der Waals surface area contributed by atoms with Gasteiger partial charge in [0.05, 0.1) is 0 Å². The minimum Gasteiger partial charge on any atom is -0.329 e. The fourth-order valence-electron chi connectivity index (χ4n) is 4.19. The van der Waals surface area contributed by atoms with E-state index in [1.54, 1.807) is 0 Å². The van der Waals surface area contributed by atoms with Crippen molar-refractivity contribution in [3.8, 4) is 0 Å². The van der Waals surface area contributed by atoms with Gasteiger partial charge in [0.15, 0.2) is 0 Å². The number of hydrogen-bond donors (Lipinski definition) is 1. The van der Waals surface area contributed by atoms with Crippen molar-refractivity contribution >= 4 is 0 Å². The summed E-state index contributed by atoms with van der Waals surface area (Å²) in [6.45, 7) is 1.98. The zero-order valence-corrected chi connectivity index (χ0v) is 11.8. The van der Waals surface area contributed by atoms with Crippen molar-refractivity contribution in [2.24, 2.45) is 11.7 Å². The molecule has 2 N–H and O–H groups in total. The van der Waals surface area contributed by atoms with Crippen LogP contribution in [-0.2, 0) is 0 Å². The molecule has 0 radical (unpaired) electrons. The lowest BCUT2D eigenvalue weighted by Crippen LogP contribution is -2.49. The van der Waals surface area contributed by atoms with Gasteiger partial charge in [-0.3, -0.25) is 4.90 Å². The zero-order chi connectivity index (χ0) is 13.1. The maximum atomic E-state index is 6.12. The van der Waals surface area contributed by atoms with Crippen LogP contribution >= 0.6 is 0 Å². The molecule has 1 aliphatic carbocycles. The lowest BCUT2D eigenvalue weighted by Gasteiger charge is -2.47. The van der Waals surface area contributed by atoms with E-state index in [0.717, 1.165) is 18.5 Å². The first-order valence-corrected chi connectivity index (χ1v) is 7.91. The van der Waals surface area contributed by atoms with Crippen molar-refractivity contribution in [2.45, 2.75) is 50.6 Å². The highest BCUT2D eigenvalue weighted by Crippen LogP contribution is 2.39. The second-order valence-electron chi connectivity index (χ2n) is 6.15. The molecular weight excluding hydrogens is 232 g/mol. The van der Waals surface area contributed by atoms with Crippen molar-refractivity contribution < 1.29 is 0 Å². The van der Waals surface area contributed by atoms with Crippen LogP contribution in [-0.4, -0.2) is 24.0 Å². The van der Waals surface area contributed by atoms with Crippen molar-refractivity contribution in [2.75, 3.05) is 13.1 Å². The smallest absolute Gasteiger partial charge is 0.0473 e. The summed E-state index contributed by atoms with van der Waals surface area (Å²) in [6.07, 6.45) is 8.45. The standard InChI is InChI=1S/C17H26N2/c18-13-17(15-7-2-1-3-8-15)19-12-6-10-14-9-4-5-11-16(14)19/h1-3,7-8,14,16-17H,4-6,9-13,18H2/t14-,16-,17?/m1/s1. The summed E-state index contributed by atoms with van der Waals surface area (Å²) >= 11 is 0. The van der Waals surface area contributed by atoms with E-state index in [0.29, 0.717) is 6.04 Å². The zero-order valence-electron chi connectivity index (χ0n) is 11.8. The minimum atomic E-state index is 0.423. The maximum Gasteiger partial charge on any atom is 0.0473 e. The van der Waals surface area contributed by atoms with Gasteiger partial charge in [0, 0.05) is 18.6 Å². The molecule has 1 aromatic rings. The van der Waals surface area contributed by atoms with Gasteiger partial charge >= 0.3 is 0 Å². The normalized spacial score (nSPS) is 29.7. The van der Waals surface area contributed by atoms with E-state index in [9.17, 15) is 0 Å². The monoisotopic (exact) mass is 258 g/mol. The molecule has 2 nitrogen and oxygen atoms in total. The Balaban J connectivity index is 1.81. The Kier molecular flexibility index (Phi) is 4.19. The average molecular weight is 258 g/mol. The van der Waals surface area contributed by atoms with E-state index in [-0.39, 0.29) is 0 Å². The largest absolute Gasteiger partial charge is 0.329 e. The summed E-state index contributed by atoms with van der Waals surface area (Å²) in [5.74, 6) is 0.931. The summed E-state index contributed by atoms with van der Waals surface area (Å²) in [5, 5.41) is 0. The van der Waals surface area contributed by atoms with Crippen molar-refractivity contribution in [1.82, 2.24) is 4.90 Å². The van der Waals surface area contributed by atoms with E-state index in [1.807, 2.05) is 0 Å². The van der Waals surface area contributed by atoms with Gasteiger partial charge in [0.25, 0.3) is 0 Å². The molecule has 0 bridgehead atoms. The summed E-state index contributed by atoms with van der Waals surface area (Å²) in [4.78, 5) is 2.72. The Bertz CT molecular complexity index is 388. The molecule has 2 aliphatic rings. The van der Waals surface area contributed by atoms with Gasteiger partial charge in [0.1, 0.15) is 0 Å². The molecule has 2 heteroatoms. The van der Waals surface area contributed by atoms with Gasteiger partial charge in [-0.15, -0.1) is 0 Å². The van der Waals surface area contributed by atoms with Crippen LogP contribution in [0.1, 0.15) is 50.1 Å². The van der Waals surface area contributed by atoms with E-state index in [4.69, 9.17) is 5.73 Å². The van der Waals surface area contributed by atoms with Gasteiger partial charge in [-0.2, -0.15) is 0 Å². The Labute approximate surface area is 117 Å². The lowest BCUT2D eigenvalue weighted by atomic mass is 9.77. The molecular formula is C17H26N2. The average Bonchev–Trinajstić information content (AvgIpc) is 2.49. The number of hydrogen-bond acceptors (Lipinski definition) is 2. The number of nitrogens with two attached hydrogens (primary N) is 1. The Morgan fingerprint density at radius 1 is 1.05 bits per heavy atom. The van der Waals surface area contributed by atoms with E-state index in [1.165, 1.54) is 50.6 Å². The highest BCUT2D eigenvalue weighted by molar-refractivity contribution is 5.20. The highest BCUT2D eigenvalue weighted by Gasteiger charge is 2.36. The first-order chi connectivity index (χ1) is 9.40. The third kappa shape index (κ3) is 2.70. The minimum absolute atomic E-state index is 0.423. The second kappa shape index (κ2) is 6.06. The van der Waals surface area contributed by atoms with Crippen molar-refractivity contribution in [3.63, 3.8) is 0 Å². The molecule has 0 aromatic heterocycles. The topological polar surface area (TPSA) is 29.3 Å². The van der Waals surface area contributed by atoms with Gasteiger partial charge < -0.3 is 5.73 Å². The molecule has 2 fully saturated rings. The molecule has 19 heavy (non-hydrogen) atoms. The predicted octanol–water partition coefficient (Wildman–Crippen LogP) is 3.34. The third-order valence-corrected chi connectivity index (χ3v) is 5.09. The molecule has 1 aromatic carbocycles. The van der Waals surface area contributed by atoms with E-state index >= 15 is 0 Å². The van der Waals surface area contributed by atoms with Crippen LogP contribution in [0.25, 0.3) is 0 Å². The van der Waals surface area contributed by atoms with Gasteiger partial charge in [-0.1, -0.05) is 43.2 Å². The molecule has 104 valence electrons. The molecule has 1 aliphatic heterocycles. The fraction of sp³-hybridized carbons (Fsp3) is 0.647. The Hall–Kier alpha value is -0.860. The van der Waals surface area contributed by atoms with Crippen LogP contribution in [0.15, 0.2) is 30.3 Å². The Morgan fingerprint density at radius 3 is 2.58 bits per heavy atom. The molecule has 1 saturated heterocycles. The summed E-state index contributed by atoms with van der Waals surface area (Å²) in [5.41, 5.74) is 7.52. The number of nitrogens with zero attached hydrogens (tertiary/aromatic N) is 1. The maximum absolute atomic E-state index is 6.12. The SMILES string of the molecule is NCC(c1ccccc1)N1CCC[C@H]2CCCC[C@H]21. The molecule has 0 amide bonds. The highest BCUT2D eigenvalue weighted by atomic mass is 15.2. The first kappa shape index (κ1) is 13.1. The number of benzene rings is 1. The Morgan fingerprint density at radius 2 is 1.79 bits per heavy atom. The molecule has 1 heterocycles. The summed E-state index contributed by atoms with van der Waals surface area (Å²) in [6, 6.07) is 12.1. The van der Waals surface area contributed by atoms with Crippen LogP contribution in [0.4, 0.5) is 0 Å². The number of likely N-dealkylation sites (tertiary alicyclic amines) is 1. The van der Waals surface area contributed by atoms with Crippen LogP contribution in [0.2, 0.25) is 0 Å². The fourth-order valence-corrected chi connectivity index (χ4v) is 4.19. The molecule has 1 unspecified atom stereocenters. The van der Waals surface area contributed by atoms with Crippen LogP contribution in [0.5, 0.6) is 0 Å². The van der Waals surface area contributed by atoms with Crippen LogP contribution in [0.3, 0.4) is 0 Å². The third-order valence-electron chi connectivity index (χ3n) is 5.09. The van der Waals surface area contributed by atoms with Crippen LogP contribution in [0, 0.1) is 5.92 Å². The predicted molar refractivity (Wildman–Crippen MR) is 79.9 cm³/mol. The molecule has 1 saturated carbocycles. The van der Waals surface area contributed by atoms with Crippen molar-refractivity contribution in [1.29, 1.82) is 0 Å². The van der Waals surface area contributed by atoms with Crippen LogP contribution < -0.4 is 5.73 Å². The molecule has 0 spiro atoms. The number of piperidine rings is 1. The first-order valence-electron chi connectivity index (χ1n) is 7.91. The van der Waals surface area contributed by atoms with Gasteiger partial charge in [0.2, 0.25) is 0 Å². The summed E-state index contributed by atoms with van der Waals surface area (Å²) < 4.78 is 0. The van der Waals surface area contributed by atoms with E-state index < -0.39 is 0 Å². The van der Waals surface area contributed by atoms with Crippen molar-refractivity contribution in [3.05, 3.63) is 35.9 Å². The lowest BCUT2D eigenvalue weighted by molar-refractivity contribution is 0.0276.